The molecule has 6 heteroatoms. The van der Waals surface area contributed by atoms with Gasteiger partial charge in [0, 0.05) is 30.5 Å². The van der Waals surface area contributed by atoms with Gasteiger partial charge in [-0.1, -0.05) is 35.5 Å². The van der Waals surface area contributed by atoms with Gasteiger partial charge < -0.3 is 9.88 Å². The van der Waals surface area contributed by atoms with E-state index in [-0.39, 0.29) is 5.91 Å². The summed E-state index contributed by atoms with van der Waals surface area (Å²) < 4.78 is 2.01. The predicted molar refractivity (Wildman–Crippen MR) is 81.9 cm³/mol. The molecule has 106 valence electrons. The first-order valence-electron chi connectivity index (χ1n) is 6.34. The van der Waals surface area contributed by atoms with Crippen molar-refractivity contribution in [3.63, 3.8) is 0 Å². The van der Waals surface area contributed by atoms with Crippen LogP contribution >= 0.6 is 23.4 Å². The first-order valence-corrected chi connectivity index (χ1v) is 7.70. The summed E-state index contributed by atoms with van der Waals surface area (Å²) in [7, 11) is 0. The standard InChI is InChI=1S/C14H16ClN3OS/c1-2-18-7-6-16-14(18)20-10-13(19)17-9-11-4-3-5-12(15)8-11/h3-8H,2,9-10H2,1H3,(H,17,19). The van der Waals surface area contributed by atoms with Gasteiger partial charge in [0.25, 0.3) is 0 Å². The maximum Gasteiger partial charge on any atom is 0.230 e. The summed E-state index contributed by atoms with van der Waals surface area (Å²) in [5.74, 6) is 0.345. The lowest BCUT2D eigenvalue weighted by Crippen LogP contribution is -2.24. The number of nitrogens with zero attached hydrogens (tertiary/aromatic N) is 2. The highest BCUT2D eigenvalue weighted by Gasteiger charge is 2.06. The van der Waals surface area contributed by atoms with Crippen LogP contribution in [0.5, 0.6) is 0 Å². The number of hydrogen-bond donors (Lipinski definition) is 1. The van der Waals surface area contributed by atoms with Crippen molar-refractivity contribution in [2.24, 2.45) is 0 Å². The van der Waals surface area contributed by atoms with Crippen LogP contribution in [0.1, 0.15) is 12.5 Å². The number of rotatable bonds is 6. The van der Waals surface area contributed by atoms with Gasteiger partial charge in [0.15, 0.2) is 5.16 Å². The molecule has 0 bridgehead atoms. The molecule has 0 unspecified atom stereocenters. The van der Waals surface area contributed by atoms with Gasteiger partial charge in [0.1, 0.15) is 0 Å². The van der Waals surface area contributed by atoms with Gasteiger partial charge in [-0.05, 0) is 24.6 Å². The van der Waals surface area contributed by atoms with Crippen LogP contribution in [0.2, 0.25) is 5.02 Å². The molecule has 1 heterocycles. The molecule has 2 aromatic rings. The number of benzene rings is 1. The number of imidazole rings is 1. The van der Waals surface area contributed by atoms with E-state index in [1.54, 1.807) is 6.20 Å². The molecule has 1 aromatic heterocycles. The van der Waals surface area contributed by atoms with E-state index in [2.05, 4.69) is 10.3 Å². The van der Waals surface area contributed by atoms with Gasteiger partial charge in [-0.15, -0.1) is 0 Å². The maximum atomic E-state index is 11.8. The van der Waals surface area contributed by atoms with Crippen molar-refractivity contribution >= 4 is 29.3 Å². The fraction of sp³-hybridized carbons (Fsp3) is 0.286. The fourth-order valence-corrected chi connectivity index (χ4v) is 2.77. The summed E-state index contributed by atoms with van der Waals surface area (Å²) in [6.07, 6.45) is 3.65. The minimum atomic E-state index is -0.0133. The lowest BCUT2D eigenvalue weighted by atomic mass is 10.2. The SMILES string of the molecule is CCn1ccnc1SCC(=O)NCc1cccc(Cl)c1. The summed E-state index contributed by atoms with van der Waals surface area (Å²) in [6.45, 7) is 3.39. The Morgan fingerprint density at radius 3 is 3.10 bits per heavy atom. The molecule has 0 radical (unpaired) electrons. The van der Waals surface area contributed by atoms with Crippen LogP contribution in [0.3, 0.4) is 0 Å². The lowest BCUT2D eigenvalue weighted by molar-refractivity contribution is -0.118. The van der Waals surface area contributed by atoms with Crippen LogP contribution in [0.4, 0.5) is 0 Å². The predicted octanol–water partition coefficient (Wildman–Crippen LogP) is 2.96. The van der Waals surface area contributed by atoms with Crippen LogP contribution in [-0.2, 0) is 17.9 Å². The summed E-state index contributed by atoms with van der Waals surface area (Å²) in [6, 6.07) is 7.46. The number of carbonyl (C=O) groups is 1. The van der Waals surface area contributed by atoms with Crippen molar-refractivity contribution in [1.82, 2.24) is 14.9 Å². The lowest BCUT2D eigenvalue weighted by Gasteiger charge is -2.06. The van der Waals surface area contributed by atoms with E-state index in [0.29, 0.717) is 17.3 Å². The molecule has 2 rings (SSSR count). The molecule has 1 aromatic carbocycles. The summed E-state index contributed by atoms with van der Waals surface area (Å²) in [5.41, 5.74) is 0.992. The molecule has 20 heavy (non-hydrogen) atoms. The molecule has 1 N–H and O–H groups in total. The smallest absolute Gasteiger partial charge is 0.230 e. The molecule has 1 amide bonds. The molecule has 0 atom stereocenters. The second-order valence-corrected chi connectivity index (χ2v) is 5.57. The van der Waals surface area contributed by atoms with Crippen molar-refractivity contribution in [3.8, 4) is 0 Å². The molecule has 0 spiro atoms. The third-order valence-corrected chi connectivity index (χ3v) is 3.97. The minimum absolute atomic E-state index is 0.0133. The van der Waals surface area contributed by atoms with Gasteiger partial charge >= 0.3 is 0 Å². The fourth-order valence-electron chi connectivity index (χ4n) is 1.71. The van der Waals surface area contributed by atoms with Gasteiger partial charge in [-0.25, -0.2) is 4.98 Å². The van der Waals surface area contributed by atoms with E-state index in [0.717, 1.165) is 17.3 Å². The normalized spacial score (nSPS) is 10.5. The van der Waals surface area contributed by atoms with Crippen molar-refractivity contribution in [2.45, 2.75) is 25.2 Å². The Morgan fingerprint density at radius 2 is 2.35 bits per heavy atom. The number of carbonyl (C=O) groups excluding carboxylic acids is 1. The van der Waals surface area contributed by atoms with Crippen molar-refractivity contribution < 1.29 is 4.79 Å². The number of amides is 1. The highest BCUT2D eigenvalue weighted by atomic mass is 35.5. The van der Waals surface area contributed by atoms with Crippen LogP contribution < -0.4 is 5.32 Å². The summed E-state index contributed by atoms with van der Waals surface area (Å²) in [4.78, 5) is 16.0. The zero-order valence-electron chi connectivity index (χ0n) is 11.2. The molecule has 4 nitrogen and oxygen atoms in total. The quantitative estimate of drug-likeness (QED) is 0.835. The Bertz CT molecular complexity index is 585. The molecule has 0 aliphatic carbocycles. The topological polar surface area (TPSA) is 46.9 Å². The second kappa shape index (κ2) is 7.36. The Hall–Kier alpha value is -1.46. The Morgan fingerprint density at radius 1 is 1.50 bits per heavy atom. The molecule has 0 saturated carbocycles. The monoisotopic (exact) mass is 309 g/mol. The highest BCUT2D eigenvalue weighted by Crippen LogP contribution is 2.15. The zero-order valence-corrected chi connectivity index (χ0v) is 12.7. The number of thioether (sulfide) groups is 1. The molecule has 0 fully saturated rings. The van der Waals surface area contributed by atoms with Gasteiger partial charge in [-0.3, -0.25) is 4.79 Å². The van der Waals surface area contributed by atoms with Crippen LogP contribution in [0.25, 0.3) is 0 Å². The summed E-state index contributed by atoms with van der Waals surface area (Å²) >= 11 is 7.33. The maximum absolute atomic E-state index is 11.8. The third kappa shape index (κ3) is 4.28. The van der Waals surface area contributed by atoms with Gasteiger partial charge in [0.2, 0.25) is 5.91 Å². The number of nitrogens with one attached hydrogen (secondary N) is 1. The molecular formula is C14H16ClN3OS. The summed E-state index contributed by atoms with van der Waals surface area (Å²) in [5, 5.41) is 4.41. The van der Waals surface area contributed by atoms with E-state index in [4.69, 9.17) is 11.6 Å². The van der Waals surface area contributed by atoms with Crippen molar-refractivity contribution in [2.75, 3.05) is 5.75 Å². The Labute approximate surface area is 127 Å². The first kappa shape index (κ1) is 14.9. The zero-order chi connectivity index (χ0) is 14.4. The van der Waals surface area contributed by atoms with Crippen molar-refractivity contribution in [3.05, 3.63) is 47.2 Å². The largest absolute Gasteiger partial charge is 0.351 e. The average Bonchev–Trinajstić information content (AvgIpc) is 2.90. The van der Waals surface area contributed by atoms with E-state index in [1.807, 2.05) is 42.0 Å². The minimum Gasteiger partial charge on any atom is -0.351 e. The Balaban J connectivity index is 1.78. The van der Waals surface area contributed by atoms with E-state index in [9.17, 15) is 4.79 Å². The second-order valence-electron chi connectivity index (χ2n) is 4.19. The van der Waals surface area contributed by atoms with E-state index < -0.39 is 0 Å². The number of aromatic nitrogens is 2. The van der Waals surface area contributed by atoms with Crippen molar-refractivity contribution in [1.29, 1.82) is 0 Å². The van der Waals surface area contributed by atoms with Crippen LogP contribution in [0.15, 0.2) is 41.8 Å². The first-order chi connectivity index (χ1) is 9.69. The average molecular weight is 310 g/mol. The van der Waals surface area contributed by atoms with E-state index >= 15 is 0 Å². The Kier molecular flexibility index (Phi) is 5.49. The molecule has 0 aliphatic rings. The molecular weight excluding hydrogens is 294 g/mol. The van der Waals surface area contributed by atoms with Gasteiger partial charge in [-0.2, -0.15) is 0 Å². The van der Waals surface area contributed by atoms with Gasteiger partial charge in [0.05, 0.1) is 5.75 Å². The number of aryl methyl sites for hydroxylation is 1. The number of halogens is 1. The van der Waals surface area contributed by atoms with Crippen LogP contribution in [0, 0.1) is 0 Å². The molecule has 0 aliphatic heterocycles. The van der Waals surface area contributed by atoms with Crippen LogP contribution in [-0.4, -0.2) is 21.2 Å². The molecule has 0 saturated heterocycles. The third-order valence-electron chi connectivity index (χ3n) is 2.73. The highest BCUT2D eigenvalue weighted by molar-refractivity contribution is 7.99. The number of hydrogen-bond acceptors (Lipinski definition) is 3. The van der Waals surface area contributed by atoms with E-state index in [1.165, 1.54) is 11.8 Å².